The third-order valence-corrected chi connectivity index (χ3v) is 3.94. The molecule has 2 aliphatic heterocycles. The van der Waals surface area contributed by atoms with Crippen LogP contribution in [0.5, 0.6) is 11.5 Å². The van der Waals surface area contributed by atoms with Gasteiger partial charge in [0.15, 0.2) is 11.5 Å². The molecule has 6 heteroatoms. The van der Waals surface area contributed by atoms with Crippen LogP contribution in [0.2, 0.25) is 5.02 Å². The first-order chi connectivity index (χ1) is 10.3. The number of benzene rings is 1. The van der Waals surface area contributed by atoms with Crippen LogP contribution in [0.3, 0.4) is 0 Å². The number of nitrogens with zero attached hydrogens (tertiary/aromatic N) is 1. The summed E-state index contributed by atoms with van der Waals surface area (Å²) in [6, 6.07) is 5.38. The van der Waals surface area contributed by atoms with Crippen molar-refractivity contribution in [3.05, 3.63) is 22.7 Å². The van der Waals surface area contributed by atoms with E-state index in [0.29, 0.717) is 36.3 Å². The SMILES string of the molecule is N#CC(NCC1CCCO1)c1cc(Cl)c2c(c1)OCCO2. The third-order valence-electron chi connectivity index (χ3n) is 3.66. The number of hydrogen-bond donors (Lipinski definition) is 1. The van der Waals surface area contributed by atoms with Crippen molar-refractivity contribution < 1.29 is 14.2 Å². The van der Waals surface area contributed by atoms with Gasteiger partial charge in [-0.25, -0.2) is 0 Å². The molecule has 112 valence electrons. The van der Waals surface area contributed by atoms with Crippen molar-refractivity contribution in [1.29, 1.82) is 5.26 Å². The lowest BCUT2D eigenvalue weighted by Gasteiger charge is -2.22. The summed E-state index contributed by atoms with van der Waals surface area (Å²) in [6.45, 7) is 2.45. The van der Waals surface area contributed by atoms with Gasteiger partial charge < -0.3 is 14.2 Å². The molecule has 0 bridgehead atoms. The summed E-state index contributed by atoms with van der Waals surface area (Å²) in [7, 11) is 0. The fourth-order valence-corrected chi connectivity index (χ4v) is 2.86. The van der Waals surface area contributed by atoms with Gasteiger partial charge in [-0.2, -0.15) is 5.26 Å². The van der Waals surface area contributed by atoms with Crippen LogP contribution in [0.15, 0.2) is 12.1 Å². The summed E-state index contributed by atoms with van der Waals surface area (Å²) in [5.74, 6) is 1.16. The van der Waals surface area contributed by atoms with Crippen LogP contribution in [0.4, 0.5) is 0 Å². The Labute approximate surface area is 128 Å². The largest absolute Gasteiger partial charge is 0.486 e. The van der Waals surface area contributed by atoms with Crippen LogP contribution in [0.1, 0.15) is 24.4 Å². The number of nitriles is 1. The second-order valence-electron chi connectivity index (χ2n) is 5.13. The third kappa shape index (κ3) is 3.24. The second kappa shape index (κ2) is 6.52. The lowest BCUT2D eigenvalue weighted by molar-refractivity contribution is 0.109. The highest BCUT2D eigenvalue weighted by atomic mass is 35.5. The predicted molar refractivity (Wildman–Crippen MR) is 77.8 cm³/mol. The Kier molecular flexibility index (Phi) is 4.49. The van der Waals surface area contributed by atoms with Crippen molar-refractivity contribution >= 4 is 11.6 Å². The molecule has 21 heavy (non-hydrogen) atoms. The van der Waals surface area contributed by atoms with E-state index >= 15 is 0 Å². The molecule has 2 atom stereocenters. The molecule has 2 heterocycles. The molecular formula is C15H17ClN2O3. The van der Waals surface area contributed by atoms with Crippen LogP contribution in [-0.4, -0.2) is 32.5 Å². The number of rotatable bonds is 4. The molecule has 2 aliphatic rings. The lowest BCUT2D eigenvalue weighted by atomic mass is 10.1. The van der Waals surface area contributed by atoms with Crippen LogP contribution in [0.25, 0.3) is 0 Å². The van der Waals surface area contributed by atoms with Gasteiger partial charge in [-0.05, 0) is 30.5 Å². The van der Waals surface area contributed by atoms with Crippen molar-refractivity contribution in [2.24, 2.45) is 0 Å². The minimum Gasteiger partial charge on any atom is -0.486 e. The smallest absolute Gasteiger partial charge is 0.179 e. The Morgan fingerprint density at radius 2 is 2.19 bits per heavy atom. The second-order valence-corrected chi connectivity index (χ2v) is 5.54. The van der Waals surface area contributed by atoms with Crippen LogP contribution < -0.4 is 14.8 Å². The van der Waals surface area contributed by atoms with Crippen molar-refractivity contribution in [2.45, 2.75) is 25.0 Å². The lowest BCUT2D eigenvalue weighted by Crippen LogP contribution is -2.29. The number of ether oxygens (including phenoxy) is 3. The first kappa shape index (κ1) is 14.5. The highest BCUT2D eigenvalue weighted by molar-refractivity contribution is 6.32. The Balaban J connectivity index is 1.74. The fourth-order valence-electron chi connectivity index (χ4n) is 2.59. The topological polar surface area (TPSA) is 63.5 Å². The van der Waals surface area contributed by atoms with E-state index in [9.17, 15) is 5.26 Å². The van der Waals surface area contributed by atoms with E-state index in [4.69, 9.17) is 25.8 Å². The van der Waals surface area contributed by atoms with E-state index in [1.54, 1.807) is 6.07 Å². The highest BCUT2D eigenvalue weighted by Crippen LogP contribution is 2.39. The fraction of sp³-hybridized carbons (Fsp3) is 0.533. The molecule has 1 aromatic rings. The van der Waals surface area contributed by atoms with Gasteiger partial charge in [0.25, 0.3) is 0 Å². The molecule has 5 nitrogen and oxygen atoms in total. The van der Waals surface area contributed by atoms with E-state index in [2.05, 4.69) is 11.4 Å². The van der Waals surface area contributed by atoms with E-state index < -0.39 is 6.04 Å². The normalized spacial score (nSPS) is 21.8. The maximum absolute atomic E-state index is 9.38. The van der Waals surface area contributed by atoms with E-state index in [-0.39, 0.29) is 6.10 Å². The summed E-state index contributed by atoms with van der Waals surface area (Å²) in [5.41, 5.74) is 0.782. The Morgan fingerprint density at radius 3 is 2.95 bits per heavy atom. The van der Waals surface area contributed by atoms with Crippen LogP contribution in [-0.2, 0) is 4.74 Å². The van der Waals surface area contributed by atoms with E-state index in [0.717, 1.165) is 25.0 Å². The molecule has 0 amide bonds. The number of nitrogens with one attached hydrogen (secondary N) is 1. The molecule has 0 aromatic heterocycles. The number of halogens is 1. The molecule has 0 saturated carbocycles. The Bertz CT molecular complexity index is 553. The number of hydrogen-bond acceptors (Lipinski definition) is 5. The summed E-state index contributed by atoms with van der Waals surface area (Å²) in [5, 5.41) is 13.1. The molecule has 1 aromatic carbocycles. The zero-order chi connectivity index (χ0) is 14.7. The van der Waals surface area contributed by atoms with Crippen LogP contribution >= 0.6 is 11.6 Å². The van der Waals surface area contributed by atoms with E-state index in [1.807, 2.05) is 6.07 Å². The molecule has 1 saturated heterocycles. The van der Waals surface area contributed by atoms with Gasteiger partial charge in [-0.1, -0.05) is 11.6 Å². The molecule has 0 aliphatic carbocycles. The summed E-state index contributed by atoms with van der Waals surface area (Å²) < 4.78 is 16.6. The average molecular weight is 309 g/mol. The van der Waals surface area contributed by atoms with Gasteiger partial charge in [-0.15, -0.1) is 0 Å². The van der Waals surface area contributed by atoms with Gasteiger partial charge in [-0.3, -0.25) is 5.32 Å². The van der Waals surface area contributed by atoms with Gasteiger partial charge in [0, 0.05) is 13.2 Å². The van der Waals surface area contributed by atoms with Crippen LogP contribution in [0, 0.1) is 11.3 Å². The molecule has 2 unspecified atom stereocenters. The average Bonchev–Trinajstić information content (AvgIpc) is 3.01. The van der Waals surface area contributed by atoms with Gasteiger partial charge in [0.05, 0.1) is 17.2 Å². The summed E-state index contributed by atoms with van der Waals surface area (Å²) in [6.07, 6.45) is 2.31. The molecule has 0 spiro atoms. The van der Waals surface area contributed by atoms with Crippen molar-refractivity contribution in [2.75, 3.05) is 26.4 Å². The zero-order valence-electron chi connectivity index (χ0n) is 11.6. The maximum Gasteiger partial charge on any atom is 0.179 e. The molecular weight excluding hydrogens is 292 g/mol. The predicted octanol–water partition coefficient (Wildman–Crippen LogP) is 2.44. The molecule has 3 rings (SSSR count). The summed E-state index contributed by atoms with van der Waals surface area (Å²) in [4.78, 5) is 0. The maximum atomic E-state index is 9.38. The quantitative estimate of drug-likeness (QED) is 0.925. The molecule has 1 N–H and O–H groups in total. The minimum atomic E-state index is -0.442. The first-order valence-corrected chi connectivity index (χ1v) is 7.49. The Morgan fingerprint density at radius 1 is 1.33 bits per heavy atom. The van der Waals surface area contributed by atoms with Gasteiger partial charge in [0.1, 0.15) is 19.3 Å². The van der Waals surface area contributed by atoms with Gasteiger partial charge in [0.2, 0.25) is 0 Å². The molecule has 0 radical (unpaired) electrons. The minimum absolute atomic E-state index is 0.188. The standard InChI is InChI=1S/C15H17ClN2O3/c16-12-6-10(7-14-15(12)21-5-4-20-14)13(8-17)18-9-11-2-1-3-19-11/h6-7,11,13,18H,1-5,9H2. The van der Waals surface area contributed by atoms with E-state index in [1.165, 1.54) is 0 Å². The Hall–Kier alpha value is -1.48. The zero-order valence-corrected chi connectivity index (χ0v) is 12.4. The van der Waals surface area contributed by atoms with Crippen molar-refractivity contribution in [3.8, 4) is 17.6 Å². The van der Waals surface area contributed by atoms with Gasteiger partial charge >= 0.3 is 0 Å². The monoisotopic (exact) mass is 308 g/mol. The molecule has 1 fully saturated rings. The highest BCUT2D eigenvalue weighted by Gasteiger charge is 2.22. The van der Waals surface area contributed by atoms with Crippen molar-refractivity contribution in [3.63, 3.8) is 0 Å². The number of fused-ring (bicyclic) bond motifs is 1. The van der Waals surface area contributed by atoms with Crippen molar-refractivity contribution in [1.82, 2.24) is 5.32 Å². The summed E-state index contributed by atoms with van der Waals surface area (Å²) >= 11 is 6.21. The first-order valence-electron chi connectivity index (χ1n) is 7.11.